The lowest BCUT2D eigenvalue weighted by molar-refractivity contribution is -0.131. The van der Waals surface area contributed by atoms with Crippen molar-refractivity contribution < 1.29 is 14.3 Å². The minimum atomic E-state index is -0.246. The first-order valence-corrected chi connectivity index (χ1v) is 8.50. The van der Waals surface area contributed by atoms with Gasteiger partial charge in [-0.25, -0.2) is 0 Å². The van der Waals surface area contributed by atoms with Crippen LogP contribution in [0.2, 0.25) is 0 Å². The quantitative estimate of drug-likeness (QED) is 0.850. The molecule has 0 aromatic heterocycles. The third-order valence-electron chi connectivity index (χ3n) is 5.14. The highest BCUT2D eigenvalue weighted by molar-refractivity contribution is 5.96. The van der Waals surface area contributed by atoms with E-state index in [1.54, 1.807) is 36.3 Å². The van der Waals surface area contributed by atoms with E-state index in [1.807, 2.05) is 7.05 Å². The van der Waals surface area contributed by atoms with Gasteiger partial charge < -0.3 is 20.3 Å². The second-order valence-corrected chi connectivity index (χ2v) is 6.68. The molecule has 2 aliphatic heterocycles. The van der Waals surface area contributed by atoms with E-state index in [2.05, 4.69) is 10.6 Å². The number of carbonyl (C=O) groups is 2. The molecule has 0 spiro atoms. The number of carbonyl (C=O) groups excluding carboxylic acids is 2. The van der Waals surface area contributed by atoms with Crippen molar-refractivity contribution in [1.82, 2.24) is 15.5 Å². The summed E-state index contributed by atoms with van der Waals surface area (Å²) < 4.78 is 5.07. The molecule has 0 aliphatic carbocycles. The predicted molar refractivity (Wildman–Crippen MR) is 91.1 cm³/mol. The number of hydrogen-bond acceptors (Lipinski definition) is 4. The summed E-state index contributed by atoms with van der Waals surface area (Å²) in [5, 5.41) is 6.28. The number of fused-ring (bicyclic) bond motifs is 2. The van der Waals surface area contributed by atoms with Crippen molar-refractivity contribution in [1.29, 1.82) is 0 Å². The Morgan fingerprint density at radius 2 is 1.83 bits per heavy atom. The number of likely N-dealkylation sites (N-methyl/N-ethyl adjacent to an activating group) is 1. The van der Waals surface area contributed by atoms with Crippen molar-refractivity contribution in [3.8, 4) is 5.75 Å². The maximum Gasteiger partial charge on any atom is 0.251 e. The maximum absolute atomic E-state index is 12.4. The molecule has 2 amide bonds. The number of hydrogen-bond donors (Lipinski definition) is 2. The highest BCUT2D eigenvalue weighted by atomic mass is 16.5. The molecule has 2 unspecified atom stereocenters. The van der Waals surface area contributed by atoms with Gasteiger partial charge in [-0.2, -0.15) is 0 Å². The second-order valence-electron chi connectivity index (χ2n) is 6.68. The first kappa shape index (κ1) is 16.8. The van der Waals surface area contributed by atoms with E-state index >= 15 is 0 Å². The zero-order valence-corrected chi connectivity index (χ0v) is 14.2. The summed E-state index contributed by atoms with van der Waals surface area (Å²) in [5.41, 5.74) is 0.520. The number of nitrogens with one attached hydrogen (secondary N) is 2. The number of nitrogens with zero attached hydrogens (tertiary/aromatic N) is 1. The topological polar surface area (TPSA) is 70.7 Å². The minimum absolute atomic E-state index is 0.0284. The van der Waals surface area contributed by atoms with E-state index in [-0.39, 0.29) is 24.4 Å². The zero-order valence-electron chi connectivity index (χ0n) is 14.2. The number of benzene rings is 1. The summed E-state index contributed by atoms with van der Waals surface area (Å²) in [4.78, 5) is 26.3. The van der Waals surface area contributed by atoms with Crippen molar-refractivity contribution in [2.45, 2.75) is 43.8 Å². The van der Waals surface area contributed by atoms with Crippen LogP contribution < -0.4 is 15.4 Å². The van der Waals surface area contributed by atoms with Crippen molar-refractivity contribution in [2.75, 3.05) is 20.7 Å². The van der Waals surface area contributed by atoms with Crippen molar-refractivity contribution >= 4 is 11.8 Å². The van der Waals surface area contributed by atoms with Gasteiger partial charge in [-0.05, 0) is 49.9 Å². The van der Waals surface area contributed by atoms with E-state index in [0.29, 0.717) is 23.4 Å². The summed E-state index contributed by atoms with van der Waals surface area (Å²) in [6, 6.07) is 8.19. The van der Waals surface area contributed by atoms with Gasteiger partial charge in [0, 0.05) is 30.7 Å². The number of rotatable bonds is 5. The SMILES string of the molecule is COc1ccc(C(=O)NCC(=O)N(C)C2CC3CCC(C2)N3)cc1. The molecule has 2 N–H and O–H groups in total. The molecule has 2 bridgehead atoms. The fourth-order valence-corrected chi connectivity index (χ4v) is 3.67. The maximum atomic E-state index is 12.4. The minimum Gasteiger partial charge on any atom is -0.497 e. The molecule has 6 heteroatoms. The van der Waals surface area contributed by atoms with Crippen LogP contribution in [0.5, 0.6) is 5.75 Å². The van der Waals surface area contributed by atoms with Gasteiger partial charge in [0.05, 0.1) is 13.7 Å². The smallest absolute Gasteiger partial charge is 0.251 e. The van der Waals surface area contributed by atoms with Crippen LogP contribution in [0.25, 0.3) is 0 Å². The van der Waals surface area contributed by atoms with E-state index in [1.165, 1.54) is 12.8 Å². The summed E-state index contributed by atoms with van der Waals surface area (Å²) >= 11 is 0. The zero-order chi connectivity index (χ0) is 17.1. The third-order valence-corrected chi connectivity index (χ3v) is 5.14. The molecule has 2 atom stereocenters. The van der Waals surface area contributed by atoms with Gasteiger partial charge in [0.15, 0.2) is 0 Å². The summed E-state index contributed by atoms with van der Waals surface area (Å²) in [5.74, 6) is 0.413. The number of piperidine rings is 1. The van der Waals surface area contributed by atoms with Crippen LogP contribution in [0.3, 0.4) is 0 Å². The Balaban J connectivity index is 1.50. The number of ether oxygens (including phenoxy) is 1. The fraction of sp³-hybridized carbons (Fsp3) is 0.556. The standard InChI is InChI=1S/C18H25N3O3/c1-21(15-9-13-5-6-14(10-15)20-13)17(22)11-19-18(23)12-3-7-16(24-2)8-4-12/h3-4,7-8,13-15,20H,5-6,9-11H2,1-2H3,(H,19,23). The van der Waals surface area contributed by atoms with Crippen LogP contribution in [0.4, 0.5) is 0 Å². The van der Waals surface area contributed by atoms with Gasteiger partial charge in [0.25, 0.3) is 5.91 Å². The Morgan fingerprint density at radius 3 is 2.42 bits per heavy atom. The Morgan fingerprint density at radius 1 is 1.21 bits per heavy atom. The molecule has 0 saturated carbocycles. The average molecular weight is 331 g/mol. The molecule has 2 saturated heterocycles. The Hall–Kier alpha value is -2.08. The van der Waals surface area contributed by atoms with Gasteiger partial charge >= 0.3 is 0 Å². The monoisotopic (exact) mass is 331 g/mol. The highest BCUT2D eigenvalue weighted by Gasteiger charge is 2.36. The normalized spacial score (nSPS) is 25.2. The molecule has 2 fully saturated rings. The third kappa shape index (κ3) is 3.70. The molecule has 1 aromatic rings. The average Bonchev–Trinajstić information content (AvgIpc) is 2.96. The molecular formula is C18H25N3O3. The Labute approximate surface area is 142 Å². The van der Waals surface area contributed by atoms with Gasteiger partial charge in [0.1, 0.15) is 5.75 Å². The van der Waals surface area contributed by atoms with Gasteiger partial charge in [-0.15, -0.1) is 0 Å². The van der Waals surface area contributed by atoms with Crippen molar-refractivity contribution in [3.63, 3.8) is 0 Å². The Bertz CT molecular complexity index is 590. The van der Waals surface area contributed by atoms with Gasteiger partial charge in [0.2, 0.25) is 5.91 Å². The van der Waals surface area contributed by atoms with E-state index in [0.717, 1.165) is 12.8 Å². The summed E-state index contributed by atoms with van der Waals surface area (Å²) in [6.45, 7) is 0.0284. The lowest BCUT2D eigenvalue weighted by Gasteiger charge is -2.35. The van der Waals surface area contributed by atoms with Crippen LogP contribution in [0.15, 0.2) is 24.3 Å². The Kier molecular flexibility index (Phi) is 5.04. The predicted octanol–water partition coefficient (Wildman–Crippen LogP) is 1.17. The summed E-state index contributed by atoms with van der Waals surface area (Å²) in [7, 11) is 3.42. The van der Waals surface area contributed by atoms with Crippen LogP contribution in [-0.2, 0) is 4.79 Å². The van der Waals surface area contributed by atoms with Crippen LogP contribution in [-0.4, -0.2) is 55.5 Å². The lowest BCUT2D eigenvalue weighted by Crippen LogP contribution is -2.50. The molecular weight excluding hydrogens is 306 g/mol. The fourth-order valence-electron chi connectivity index (χ4n) is 3.67. The van der Waals surface area contributed by atoms with Crippen LogP contribution in [0.1, 0.15) is 36.0 Å². The van der Waals surface area contributed by atoms with Gasteiger partial charge in [-0.1, -0.05) is 0 Å². The second kappa shape index (κ2) is 7.21. The van der Waals surface area contributed by atoms with Crippen molar-refractivity contribution in [2.24, 2.45) is 0 Å². The van der Waals surface area contributed by atoms with Crippen molar-refractivity contribution in [3.05, 3.63) is 29.8 Å². The molecule has 24 heavy (non-hydrogen) atoms. The number of amides is 2. The molecule has 2 aliphatic rings. The molecule has 3 rings (SSSR count). The van der Waals surface area contributed by atoms with Crippen LogP contribution >= 0.6 is 0 Å². The lowest BCUT2D eigenvalue weighted by atomic mass is 9.98. The molecule has 6 nitrogen and oxygen atoms in total. The number of methoxy groups -OCH3 is 1. The van der Waals surface area contributed by atoms with E-state index in [9.17, 15) is 9.59 Å². The molecule has 1 aromatic carbocycles. The largest absolute Gasteiger partial charge is 0.497 e. The van der Waals surface area contributed by atoms with Crippen LogP contribution in [0, 0.1) is 0 Å². The highest BCUT2D eigenvalue weighted by Crippen LogP contribution is 2.29. The summed E-state index contributed by atoms with van der Waals surface area (Å²) in [6.07, 6.45) is 4.42. The molecule has 0 radical (unpaired) electrons. The van der Waals surface area contributed by atoms with Gasteiger partial charge in [-0.3, -0.25) is 9.59 Å². The molecule has 2 heterocycles. The van der Waals surface area contributed by atoms with E-state index < -0.39 is 0 Å². The van der Waals surface area contributed by atoms with E-state index in [4.69, 9.17) is 4.74 Å². The first-order valence-electron chi connectivity index (χ1n) is 8.50. The first-order chi connectivity index (χ1) is 11.6. The molecule has 130 valence electrons.